The summed E-state index contributed by atoms with van der Waals surface area (Å²) in [6.07, 6.45) is -10.7. The molecule has 1 unspecified atom stereocenters. The van der Waals surface area contributed by atoms with Crippen LogP contribution in [0, 0.1) is 12.7 Å². The first-order valence-corrected chi connectivity index (χ1v) is 9.34. The summed E-state index contributed by atoms with van der Waals surface area (Å²) < 4.78 is 137. The number of halogens is 9. The average molecular weight is 484 g/mol. The third-order valence-corrected chi connectivity index (χ3v) is 5.21. The molecule has 0 radical (unpaired) electrons. The molecule has 15 heteroatoms. The van der Waals surface area contributed by atoms with Crippen molar-refractivity contribution in [3.05, 3.63) is 29.6 Å². The Bertz CT molecular complexity index is 928. The summed E-state index contributed by atoms with van der Waals surface area (Å²) in [5, 5.41) is 3.61. The second kappa shape index (κ2) is 8.68. The number of rotatable bonds is 7. The fourth-order valence-corrected chi connectivity index (χ4v) is 3.36. The highest BCUT2D eigenvalue weighted by atomic mass is 32.2. The summed E-state index contributed by atoms with van der Waals surface area (Å²) in [6.45, 7) is -1.01. The van der Waals surface area contributed by atoms with Crippen LogP contribution in [-0.2, 0) is 11.2 Å². The first-order chi connectivity index (χ1) is 14.1. The summed E-state index contributed by atoms with van der Waals surface area (Å²) in [4.78, 5) is -0.449. The summed E-state index contributed by atoms with van der Waals surface area (Å²) >= 11 is -2.66. The number of aryl methyl sites for hydroxylation is 1. The highest BCUT2D eigenvalue weighted by Crippen LogP contribution is 2.37. The molecule has 2 rings (SSSR count). The molecule has 1 atom stereocenters. The highest BCUT2D eigenvalue weighted by Gasteiger charge is 2.58. The van der Waals surface area contributed by atoms with Gasteiger partial charge in [-0.3, -0.25) is 0 Å². The van der Waals surface area contributed by atoms with Crippen LogP contribution < -0.4 is 9.47 Å². The third kappa shape index (κ3) is 5.90. The Kier molecular flexibility index (Phi) is 7.00. The van der Waals surface area contributed by atoms with E-state index in [-0.39, 0.29) is 11.4 Å². The number of hydrogen-bond acceptors (Lipinski definition) is 4. The van der Waals surface area contributed by atoms with E-state index in [1.165, 1.54) is 6.92 Å². The molecule has 0 aliphatic rings. The molecule has 0 amide bonds. The monoisotopic (exact) mass is 484 g/mol. The number of aromatic nitrogens is 2. The second-order valence-electron chi connectivity index (χ2n) is 6.10. The van der Waals surface area contributed by atoms with E-state index >= 15 is 0 Å². The summed E-state index contributed by atoms with van der Waals surface area (Å²) in [5.74, 6) is -9.37. The van der Waals surface area contributed by atoms with Crippen molar-refractivity contribution in [2.75, 3.05) is 19.5 Å². The van der Waals surface area contributed by atoms with E-state index < -0.39 is 64.1 Å². The van der Waals surface area contributed by atoms with Crippen LogP contribution >= 0.6 is 0 Å². The molecule has 0 spiro atoms. The first-order valence-electron chi connectivity index (χ1n) is 8.03. The van der Waals surface area contributed by atoms with Crippen molar-refractivity contribution in [1.82, 2.24) is 9.78 Å². The lowest BCUT2D eigenvalue weighted by atomic mass is 10.2. The van der Waals surface area contributed by atoms with Gasteiger partial charge in [-0.05, 0) is 24.2 Å². The van der Waals surface area contributed by atoms with Gasteiger partial charge in [0.05, 0.1) is 13.2 Å². The van der Waals surface area contributed by atoms with Gasteiger partial charge in [-0.25, -0.2) is 4.39 Å². The topological polar surface area (TPSA) is 59.3 Å². The fourth-order valence-electron chi connectivity index (χ4n) is 2.24. The Balaban J connectivity index is 2.48. The summed E-state index contributed by atoms with van der Waals surface area (Å²) in [5.41, 5.74) is -0.821. The first kappa shape index (κ1) is 25.0. The van der Waals surface area contributed by atoms with E-state index in [0.717, 1.165) is 13.2 Å². The van der Waals surface area contributed by atoms with Crippen molar-refractivity contribution >= 4 is 11.2 Å². The lowest BCUT2D eigenvalue weighted by molar-refractivity contribution is -0.290. The van der Waals surface area contributed by atoms with Crippen molar-refractivity contribution < 1.29 is 53.5 Å². The van der Waals surface area contributed by atoms with Crippen LogP contribution in [0.15, 0.2) is 23.1 Å². The number of alkyl halides is 8. The lowest BCUT2D eigenvalue weighted by Crippen LogP contribution is -2.42. The molecule has 0 bridgehead atoms. The molecular formula is C16H13F9N2O3S. The number of benzene rings is 1. The van der Waals surface area contributed by atoms with Crippen molar-refractivity contribution in [3.8, 4) is 17.4 Å². The van der Waals surface area contributed by atoms with E-state index in [9.17, 15) is 44.1 Å². The molecule has 5 nitrogen and oxygen atoms in total. The van der Waals surface area contributed by atoms with E-state index in [1.54, 1.807) is 0 Å². The van der Waals surface area contributed by atoms with Crippen LogP contribution in [0.4, 0.5) is 39.5 Å². The molecular weight excluding hydrogens is 471 g/mol. The standard InChI is InChI=1S/C16H13F9N2O3S/c1-8-3-9(17)10(4-11(8)31(28)7-15(20,21)22)27-13(5-12(26-27)29-2)30-6-14(18,19)16(23,24)25/h3-5H,6-7H2,1-2H3. The molecule has 1 heterocycles. The van der Waals surface area contributed by atoms with Gasteiger partial charge in [0.1, 0.15) is 11.5 Å². The second-order valence-corrected chi connectivity index (χ2v) is 7.52. The molecule has 31 heavy (non-hydrogen) atoms. The quantitative estimate of drug-likeness (QED) is 0.427. The maximum atomic E-state index is 14.5. The number of methoxy groups -OCH3 is 1. The predicted octanol–water partition coefficient (Wildman–Crippen LogP) is 4.57. The van der Waals surface area contributed by atoms with Crippen LogP contribution in [-0.4, -0.2) is 52.1 Å². The minimum Gasteiger partial charge on any atom is -0.611 e. The minimum absolute atomic E-state index is 0.117. The molecule has 0 N–H and O–H groups in total. The van der Waals surface area contributed by atoms with E-state index in [0.29, 0.717) is 16.8 Å². The van der Waals surface area contributed by atoms with Crippen molar-refractivity contribution in [1.29, 1.82) is 0 Å². The maximum absolute atomic E-state index is 14.5. The van der Waals surface area contributed by atoms with Crippen molar-refractivity contribution in [3.63, 3.8) is 0 Å². The van der Waals surface area contributed by atoms with Crippen molar-refractivity contribution in [2.24, 2.45) is 0 Å². The van der Waals surface area contributed by atoms with Gasteiger partial charge >= 0.3 is 18.3 Å². The highest BCUT2D eigenvalue weighted by molar-refractivity contribution is 7.91. The van der Waals surface area contributed by atoms with Gasteiger partial charge in [-0.2, -0.15) is 39.8 Å². The van der Waals surface area contributed by atoms with E-state index in [4.69, 9.17) is 4.74 Å². The predicted molar refractivity (Wildman–Crippen MR) is 88.6 cm³/mol. The molecule has 0 saturated carbocycles. The molecule has 1 aromatic carbocycles. The van der Waals surface area contributed by atoms with Gasteiger partial charge in [0.25, 0.3) is 0 Å². The SMILES string of the molecule is COc1cc(OCC(F)(F)C(F)(F)F)n(-c2cc([S+]([O-])CC(F)(F)F)c(C)cc2F)n1. The zero-order chi connectivity index (χ0) is 23.8. The molecule has 1 aromatic heterocycles. The van der Waals surface area contributed by atoms with Crippen LogP contribution in [0.25, 0.3) is 5.69 Å². The number of hydrogen-bond donors (Lipinski definition) is 0. The van der Waals surface area contributed by atoms with Gasteiger partial charge in [-0.15, -0.1) is 5.10 Å². The Morgan fingerprint density at radius 2 is 1.68 bits per heavy atom. The summed E-state index contributed by atoms with van der Waals surface area (Å²) in [7, 11) is 1.05. The Hall–Kier alpha value is -2.29. The smallest absolute Gasteiger partial charge is 0.456 e. The van der Waals surface area contributed by atoms with Crippen LogP contribution in [0.5, 0.6) is 11.8 Å². The zero-order valence-corrected chi connectivity index (χ0v) is 16.4. The zero-order valence-electron chi connectivity index (χ0n) is 15.6. The minimum atomic E-state index is -5.93. The van der Waals surface area contributed by atoms with Crippen LogP contribution in [0.2, 0.25) is 0 Å². The number of ether oxygens (including phenoxy) is 2. The Morgan fingerprint density at radius 1 is 1.06 bits per heavy atom. The lowest BCUT2D eigenvalue weighted by Gasteiger charge is -2.20. The largest absolute Gasteiger partial charge is 0.611 e. The molecule has 0 saturated heterocycles. The summed E-state index contributed by atoms with van der Waals surface area (Å²) in [6, 6.07) is 2.17. The Labute approximate surface area is 171 Å². The third-order valence-electron chi connectivity index (χ3n) is 3.69. The molecule has 0 aliphatic carbocycles. The van der Waals surface area contributed by atoms with Gasteiger partial charge in [-0.1, -0.05) is 0 Å². The van der Waals surface area contributed by atoms with E-state index in [1.807, 2.05) is 0 Å². The fraction of sp³-hybridized carbons (Fsp3) is 0.438. The molecule has 2 aromatic rings. The van der Waals surface area contributed by atoms with Crippen LogP contribution in [0.3, 0.4) is 0 Å². The average Bonchev–Trinajstić information content (AvgIpc) is 3.00. The maximum Gasteiger partial charge on any atom is 0.456 e. The molecule has 0 aliphatic heterocycles. The van der Waals surface area contributed by atoms with Crippen LogP contribution in [0.1, 0.15) is 5.56 Å². The van der Waals surface area contributed by atoms with Gasteiger partial charge in [0.2, 0.25) is 17.5 Å². The van der Waals surface area contributed by atoms with Gasteiger partial charge in [0, 0.05) is 11.6 Å². The Morgan fingerprint density at radius 3 is 2.19 bits per heavy atom. The number of nitrogens with zero attached hydrogens (tertiary/aromatic N) is 2. The molecule has 174 valence electrons. The van der Waals surface area contributed by atoms with Gasteiger partial charge in [0.15, 0.2) is 11.5 Å². The van der Waals surface area contributed by atoms with Gasteiger partial charge < -0.3 is 14.0 Å². The normalized spacial score (nSPS) is 13.9. The van der Waals surface area contributed by atoms with Crippen molar-refractivity contribution in [2.45, 2.75) is 30.1 Å². The molecule has 0 fully saturated rings. The van der Waals surface area contributed by atoms with E-state index in [2.05, 4.69) is 9.84 Å².